The van der Waals surface area contributed by atoms with E-state index in [1.165, 1.54) is 44.6 Å². The van der Waals surface area contributed by atoms with Crippen molar-refractivity contribution in [1.82, 2.24) is 5.32 Å². The van der Waals surface area contributed by atoms with E-state index >= 15 is 0 Å². The molecule has 4 bridgehead atoms. The number of sulfonamides is 1. The Hall–Kier alpha value is -1.89. The van der Waals surface area contributed by atoms with Gasteiger partial charge in [0.05, 0.1) is 5.69 Å². The Balaban J connectivity index is 1.26. The number of amides is 1. The molecule has 6 aliphatic rings. The molecule has 1 aromatic rings. The number of amidine groups is 1. The normalized spacial score (nSPS) is 35.3. The first-order valence-corrected chi connectivity index (χ1v) is 13.8. The second-order valence-corrected chi connectivity index (χ2v) is 12.7. The van der Waals surface area contributed by atoms with Crippen LogP contribution in [0.3, 0.4) is 0 Å². The molecule has 4 aliphatic carbocycles. The highest BCUT2D eigenvalue weighted by Gasteiger charge is 2.53. The molecule has 1 saturated heterocycles. The van der Waals surface area contributed by atoms with E-state index in [0.29, 0.717) is 23.5 Å². The van der Waals surface area contributed by atoms with Gasteiger partial charge in [-0.3, -0.25) is 4.79 Å². The summed E-state index contributed by atoms with van der Waals surface area (Å²) in [7, 11) is -3.78. The summed E-state index contributed by atoms with van der Waals surface area (Å²) in [5.74, 6) is 2.96. The molecular formula is C25H33N3O3S. The Morgan fingerprint density at radius 1 is 1.09 bits per heavy atom. The summed E-state index contributed by atoms with van der Waals surface area (Å²) >= 11 is 0. The highest BCUT2D eigenvalue weighted by molar-refractivity contribution is 7.90. The fraction of sp³-hybridized carbons (Fsp3) is 0.680. The molecule has 1 amide bonds. The summed E-state index contributed by atoms with van der Waals surface area (Å²) in [6.45, 7) is 2.93. The number of benzene rings is 1. The van der Waals surface area contributed by atoms with Crippen molar-refractivity contribution in [3.63, 3.8) is 0 Å². The molecule has 1 aromatic carbocycles. The molecule has 0 spiro atoms. The lowest BCUT2D eigenvalue weighted by atomic mass is 9.48. The van der Waals surface area contributed by atoms with Gasteiger partial charge in [0.1, 0.15) is 10.7 Å². The van der Waals surface area contributed by atoms with Gasteiger partial charge >= 0.3 is 0 Å². The van der Waals surface area contributed by atoms with Gasteiger partial charge < -0.3 is 10.2 Å². The first kappa shape index (κ1) is 20.7. The minimum absolute atomic E-state index is 0.103. The molecule has 7 rings (SSSR count). The van der Waals surface area contributed by atoms with Gasteiger partial charge in [-0.2, -0.15) is 8.42 Å². The fourth-order valence-electron chi connectivity index (χ4n) is 7.76. The van der Waals surface area contributed by atoms with Crippen molar-refractivity contribution in [1.29, 1.82) is 0 Å². The van der Waals surface area contributed by atoms with E-state index in [2.05, 4.69) is 16.6 Å². The highest BCUT2D eigenvalue weighted by atomic mass is 32.2. The third kappa shape index (κ3) is 3.30. The van der Waals surface area contributed by atoms with Crippen molar-refractivity contribution < 1.29 is 13.2 Å². The molecule has 5 fully saturated rings. The average Bonchev–Trinajstić information content (AvgIpc) is 2.97. The van der Waals surface area contributed by atoms with Gasteiger partial charge in [0.15, 0.2) is 0 Å². The van der Waals surface area contributed by atoms with Gasteiger partial charge in [0, 0.05) is 24.6 Å². The lowest BCUT2D eigenvalue weighted by Gasteiger charge is -2.59. The standard InChI is InChI=1S/C25H33N3O3S/c1-16(25-13-17-9-18(14-25)11-19(10-17)15-25)26-24(29)20-6-7-21-22(12-20)32(30,31)27-23-5-3-2-4-8-28(21)23/h6-7,12,16-19H,2-5,8-11,13-15H2,1H3,(H,26,29)/t16-,17?,18?,19?,25?/m1/s1. The summed E-state index contributed by atoms with van der Waals surface area (Å²) < 4.78 is 30.0. The van der Waals surface area contributed by atoms with Gasteiger partial charge in [-0.1, -0.05) is 6.42 Å². The number of nitrogens with zero attached hydrogens (tertiary/aromatic N) is 2. The number of carbonyl (C=O) groups excluding carboxylic acids is 1. The number of carbonyl (C=O) groups is 1. The molecular weight excluding hydrogens is 422 g/mol. The summed E-state index contributed by atoms with van der Waals surface area (Å²) in [4.78, 5) is 15.4. The molecule has 1 N–H and O–H groups in total. The van der Waals surface area contributed by atoms with Crippen molar-refractivity contribution in [3.05, 3.63) is 23.8 Å². The molecule has 172 valence electrons. The van der Waals surface area contributed by atoms with Crippen LogP contribution in [0.2, 0.25) is 0 Å². The van der Waals surface area contributed by atoms with Crippen LogP contribution in [0.4, 0.5) is 5.69 Å². The van der Waals surface area contributed by atoms with Crippen LogP contribution in [0, 0.1) is 23.2 Å². The molecule has 1 atom stereocenters. The van der Waals surface area contributed by atoms with E-state index in [1.807, 2.05) is 4.90 Å². The predicted octanol–water partition coefficient (Wildman–Crippen LogP) is 4.50. The number of rotatable bonds is 3. The van der Waals surface area contributed by atoms with E-state index in [-0.39, 0.29) is 22.3 Å². The Morgan fingerprint density at radius 3 is 2.47 bits per heavy atom. The smallest absolute Gasteiger partial charge is 0.286 e. The van der Waals surface area contributed by atoms with Crippen molar-refractivity contribution in [2.24, 2.45) is 27.6 Å². The number of hydrogen-bond donors (Lipinski definition) is 1. The minimum atomic E-state index is -3.78. The number of anilines is 1. The van der Waals surface area contributed by atoms with Gasteiger partial charge in [0.25, 0.3) is 15.9 Å². The van der Waals surface area contributed by atoms with Crippen LogP contribution in [-0.4, -0.2) is 32.7 Å². The second-order valence-electron chi connectivity index (χ2n) is 11.1. The highest BCUT2D eigenvalue weighted by Crippen LogP contribution is 2.61. The molecule has 4 saturated carbocycles. The predicted molar refractivity (Wildman–Crippen MR) is 124 cm³/mol. The fourth-order valence-corrected chi connectivity index (χ4v) is 9.05. The third-order valence-electron chi connectivity index (χ3n) is 8.96. The van der Waals surface area contributed by atoms with Gasteiger partial charge in [-0.25, -0.2) is 0 Å². The monoisotopic (exact) mass is 455 g/mol. The first-order chi connectivity index (χ1) is 15.3. The van der Waals surface area contributed by atoms with Crippen molar-refractivity contribution in [3.8, 4) is 0 Å². The zero-order valence-electron chi connectivity index (χ0n) is 18.8. The molecule has 32 heavy (non-hydrogen) atoms. The lowest BCUT2D eigenvalue weighted by molar-refractivity contribution is -0.0688. The summed E-state index contributed by atoms with van der Waals surface area (Å²) in [5.41, 5.74) is 1.30. The van der Waals surface area contributed by atoms with Crippen LogP contribution in [0.25, 0.3) is 0 Å². The summed E-state index contributed by atoms with van der Waals surface area (Å²) in [5, 5.41) is 3.27. The molecule has 6 nitrogen and oxygen atoms in total. The third-order valence-corrected chi connectivity index (χ3v) is 10.3. The van der Waals surface area contributed by atoms with Crippen molar-refractivity contribution >= 4 is 27.5 Å². The molecule has 0 radical (unpaired) electrons. The second kappa shape index (κ2) is 7.31. The first-order valence-electron chi connectivity index (χ1n) is 12.4. The molecule has 7 heteroatoms. The topological polar surface area (TPSA) is 78.8 Å². The van der Waals surface area contributed by atoms with E-state index in [9.17, 15) is 13.2 Å². The quantitative estimate of drug-likeness (QED) is 0.728. The maximum Gasteiger partial charge on any atom is 0.286 e. The van der Waals surface area contributed by atoms with Crippen LogP contribution >= 0.6 is 0 Å². The van der Waals surface area contributed by atoms with Crippen LogP contribution in [0.1, 0.15) is 81.5 Å². The minimum Gasteiger partial charge on any atom is -0.349 e. The van der Waals surface area contributed by atoms with E-state index in [4.69, 9.17) is 0 Å². The zero-order valence-corrected chi connectivity index (χ0v) is 19.7. The number of nitrogens with one attached hydrogen (secondary N) is 1. The molecule has 2 heterocycles. The molecule has 0 aromatic heterocycles. The Bertz CT molecular complexity index is 1060. The summed E-state index contributed by atoms with van der Waals surface area (Å²) in [6, 6.07) is 5.23. The van der Waals surface area contributed by atoms with E-state index < -0.39 is 10.0 Å². The van der Waals surface area contributed by atoms with Gasteiger partial charge in [-0.05, 0) is 99.7 Å². The maximum absolute atomic E-state index is 13.2. The largest absolute Gasteiger partial charge is 0.349 e. The Kier molecular flexibility index (Phi) is 4.73. The van der Waals surface area contributed by atoms with E-state index in [1.54, 1.807) is 12.1 Å². The molecule has 0 unspecified atom stereocenters. The zero-order chi connectivity index (χ0) is 22.1. The van der Waals surface area contributed by atoms with Crippen LogP contribution in [-0.2, 0) is 10.0 Å². The average molecular weight is 456 g/mol. The number of hydrogen-bond acceptors (Lipinski definition) is 4. The Morgan fingerprint density at radius 2 is 1.78 bits per heavy atom. The number of fused-ring (bicyclic) bond motifs is 3. The SMILES string of the molecule is C[C@@H](NC(=O)c1ccc2c(c1)S(=O)(=O)N=C1CCCCCN12)C12CC3CC(CC(C3)C1)C2. The Labute approximate surface area is 190 Å². The molecule has 2 aliphatic heterocycles. The van der Waals surface area contributed by atoms with Crippen molar-refractivity contribution in [2.75, 3.05) is 11.4 Å². The van der Waals surface area contributed by atoms with Crippen molar-refractivity contribution in [2.45, 2.75) is 82.1 Å². The van der Waals surface area contributed by atoms with Gasteiger partial charge in [0.2, 0.25) is 0 Å². The van der Waals surface area contributed by atoms with Gasteiger partial charge in [-0.15, -0.1) is 4.40 Å². The van der Waals surface area contributed by atoms with Crippen LogP contribution in [0.5, 0.6) is 0 Å². The van der Waals surface area contributed by atoms with Crippen LogP contribution < -0.4 is 10.2 Å². The lowest BCUT2D eigenvalue weighted by Crippen LogP contribution is -2.55. The van der Waals surface area contributed by atoms with E-state index in [0.717, 1.165) is 43.6 Å². The van der Waals surface area contributed by atoms with Crippen LogP contribution in [0.15, 0.2) is 27.5 Å². The summed E-state index contributed by atoms with van der Waals surface area (Å²) in [6.07, 6.45) is 11.6. The maximum atomic E-state index is 13.2.